The molecule has 4 fully saturated rings. The standard InChI is InChI=1S/C33H30ClF4N7O5.C28H29ClF4N4O5.C5H2BrN3/c1-32(2,3)50-31(49)43-16-25(45(26(46)17-43)30-40-9-8-20(15-39)42-30)29(48)44(22-11-18(35)10-19(36)12-22)27(23-6-4-5-7-24(23)34)28(47)41-21-13-33(37,38)14-21;1-27(2,3)42-26(41)36-13-21(35-22(38)14-36)25(40)37(18-9-15(30)8-16(31)10-18)23(19-6-4-5-7-20(19)29)24(39)34-17-11-28(32,33)12-17;1-7-4-2-3-8-5(6)9-4/h4-12,21,25,27H,13-14,16-17H2,1-3H3,(H,41,47);4-10,17,21,23H,11-14H2,1-3H3,(H,34,39)(H,35,38);2-3H/t25-,27?;21-,23?;/m00./s1. The van der Waals surface area contributed by atoms with Gasteiger partial charge in [-0.05, 0) is 90.1 Å². The number of nitriles is 1. The average Bonchev–Trinajstić information content (AvgIpc) is 0.765. The first-order chi connectivity index (χ1) is 47.3. The van der Waals surface area contributed by atoms with Crippen LogP contribution in [0.4, 0.5) is 67.9 Å². The molecule has 4 aromatic carbocycles. The van der Waals surface area contributed by atoms with E-state index in [2.05, 4.69) is 56.7 Å². The first-order valence-corrected chi connectivity index (χ1v) is 32.0. The fourth-order valence-electron chi connectivity index (χ4n) is 10.7. The number of hydrogen-bond donors (Lipinski definition) is 3. The zero-order valence-electron chi connectivity index (χ0n) is 54.2. The molecule has 0 radical (unpaired) electrons. The molecule has 8 amide bonds. The summed E-state index contributed by atoms with van der Waals surface area (Å²) < 4.78 is 124. The number of alkyl halides is 4. The van der Waals surface area contributed by atoms with Crippen LogP contribution in [-0.4, -0.2) is 151 Å². The van der Waals surface area contributed by atoms with E-state index in [0.717, 1.165) is 50.1 Å². The Labute approximate surface area is 590 Å². The molecule has 0 bridgehead atoms. The number of amides is 8. The highest BCUT2D eigenvalue weighted by Crippen LogP contribution is 2.42. The second kappa shape index (κ2) is 31.6. The highest BCUT2D eigenvalue weighted by molar-refractivity contribution is 9.10. The Morgan fingerprint density at radius 2 is 1.12 bits per heavy atom. The number of halogens is 11. The highest BCUT2D eigenvalue weighted by Gasteiger charge is 2.51. The van der Waals surface area contributed by atoms with Crippen molar-refractivity contribution < 1.29 is 83.0 Å². The highest BCUT2D eigenvalue weighted by atomic mass is 79.9. The van der Waals surface area contributed by atoms with Crippen molar-refractivity contribution in [3.8, 4) is 6.07 Å². The van der Waals surface area contributed by atoms with E-state index in [1.54, 1.807) is 59.7 Å². The minimum Gasteiger partial charge on any atom is -0.444 e. The Balaban J connectivity index is 0.000000230. The van der Waals surface area contributed by atoms with E-state index in [0.29, 0.717) is 27.6 Å². The number of piperazine rings is 2. The van der Waals surface area contributed by atoms with Crippen molar-refractivity contribution in [1.29, 1.82) is 5.26 Å². The molecule has 24 nitrogen and oxygen atoms in total. The van der Waals surface area contributed by atoms with Crippen LogP contribution in [0.15, 0.2) is 114 Å². The Bertz CT molecular complexity index is 4220. The second-order valence-electron chi connectivity index (χ2n) is 25.2. The number of nitrogens with zero attached hydrogens (tertiary/aromatic N) is 11. The SMILES string of the molecule is CC(C)(C)OC(=O)N1CC(=O)N(c2nccc(C#N)n2)[C@H](C(=O)N(c2cc(F)cc(F)c2)C(C(=O)NC2CC(F)(F)C2)c2ccccc2Cl)C1.CC(C)(C)OC(=O)N1CC(=O)N[C@H](C(=O)N(c2cc(F)cc(F)c2)C(C(=O)NC2CC(F)(F)C2)c2ccccc2Cl)C1.[C-]#[N+]c1ccnc(Br)n1. The minimum absolute atomic E-state index is 0.00525. The van der Waals surface area contributed by atoms with Crippen molar-refractivity contribution >= 4 is 110 Å². The number of rotatable bonds is 13. The first-order valence-electron chi connectivity index (χ1n) is 30.4. The van der Waals surface area contributed by atoms with Crippen molar-refractivity contribution in [2.75, 3.05) is 40.9 Å². The van der Waals surface area contributed by atoms with Crippen LogP contribution in [0.3, 0.4) is 0 Å². The molecule has 35 heteroatoms. The van der Waals surface area contributed by atoms with Crippen LogP contribution in [0, 0.1) is 41.2 Å². The Morgan fingerprint density at radius 3 is 1.53 bits per heavy atom. The largest absolute Gasteiger partial charge is 0.444 e. The van der Waals surface area contributed by atoms with Gasteiger partial charge in [0, 0.05) is 99.4 Å². The van der Waals surface area contributed by atoms with Gasteiger partial charge in [-0.3, -0.25) is 53.3 Å². The van der Waals surface area contributed by atoms with E-state index >= 15 is 4.79 Å². The van der Waals surface area contributed by atoms with Crippen molar-refractivity contribution in [1.82, 2.24) is 45.7 Å². The van der Waals surface area contributed by atoms with Gasteiger partial charge in [-0.25, -0.2) is 59.7 Å². The fourth-order valence-corrected chi connectivity index (χ4v) is 11.5. The molecular weight excluding hydrogens is 1450 g/mol. The molecule has 2 aliphatic heterocycles. The quantitative estimate of drug-likeness (QED) is 0.0550. The molecule has 2 saturated carbocycles. The van der Waals surface area contributed by atoms with Gasteiger partial charge >= 0.3 is 12.2 Å². The predicted octanol–water partition coefficient (Wildman–Crippen LogP) is 11.1. The molecule has 4 heterocycles. The van der Waals surface area contributed by atoms with Crippen LogP contribution in [-0.2, 0) is 38.2 Å². The third-order valence-corrected chi connectivity index (χ3v) is 16.0. The summed E-state index contributed by atoms with van der Waals surface area (Å²) in [5, 5.41) is 16.8. The van der Waals surface area contributed by atoms with E-state index in [9.17, 15) is 73.9 Å². The minimum atomic E-state index is -3.04. The molecule has 2 aromatic heterocycles. The van der Waals surface area contributed by atoms with E-state index in [1.807, 2.05) is 0 Å². The van der Waals surface area contributed by atoms with Crippen LogP contribution in [0.1, 0.15) is 96.1 Å². The summed E-state index contributed by atoms with van der Waals surface area (Å²) in [4.78, 5) is 132. The normalized spacial score (nSPS) is 17.7. The molecule has 0 spiro atoms. The topological polar surface area (TPSA) is 287 Å². The molecule has 101 heavy (non-hydrogen) atoms. The summed E-state index contributed by atoms with van der Waals surface area (Å²) in [6, 6.07) is 11.5. The Hall–Kier alpha value is -10.1. The van der Waals surface area contributed by atoms with Gasteiger partial charge in [0.05, 0.1) is 24.5 Å². The average molecular weight is 1510 g/mol. The number of anilines is 3. The van der Waals surface area contributed by atoms with Gasteiger partial charge in [0.15, 0.2) is 0 Å². The molecule has 6 aromatic rings. The lowest BCUT2D eigenvalue weighted by molar-refractivity contribution is -0.135. The van der Waals surface area contributed by atoms with E-state index in [4.69, 9.17) is 39.2 Å². The molecule has 4 atom stereocenters. The number of carbonyl (C=O) groups is 8. The van der Waals surface area contributed by atoms with E-state index in [1.165, 1.54) is 54.7 Å². The maximum absolute atomic E-state index is 15.0. The van der Waals surface area contributed by atoms with Crippen LogP contribution >= 0.6 is 39.1 Å². The summed E-state index contributed by atoms with van der Waals surface area (Å²) in [5.41, 5.74) is -3.08. The monoisotopic (exact) mass is 1510 g/mol. The molecule has 10 rings (SSSR count). The number of nitrogens with one attached hydrogen (secondary N) is 3. The lowest BCUT2D eigenvalue weighted by atomic mass is 9.87. The Kier molecular flexibility index (Phi) is 24.0. The second-order valence-corrected chi connectivity index (χ2v) is 26.8. The molecule has 4 aliphatic rings. The van der Waals surface area contributed by atoms with Gasteiger partial charge in [0.1, 0.15) is 83.5 Å². The molecular formula is C66H61BrCl2F8N14O10. The number of benzene rings is 4. The number of aromatic nitrogens is 4. The molecule has 2 unspecified atom stereocenters. The summed E-state index contributed by atoms with van der Waals surface area (Å²) in [5.74, 6) is -16.4. The van der Waals surface area contributed by atoms with Gasteiger partial charge in [-0.15, -0.1) is 0 Å². The van der Waals surface area contributed by atoms with E-state index in [-0.39, 0.29) is 26.9 Å². The third kappa shape index (κ3) is 20.1. The smallest absolute Gasteiger partial charge is 0.410 e. The lowest BCUT2D eigenvalue weighted by Gasteiger charge is -2.43. The summed E-state index contributed by atoms with van der Waals surface area (Å²) >= 11 is 16.0. The molecule has 532 valence electrons. The third-order valence-electron chi connectivity index (χ3n) is 15.0. The van der Waals surface area contributed by atoms with Crippen LogP contribution in [0.5, 0.6) is 0 Å². The first kappa shape index (κ1) is 76.6. The fraction of sp³-hybridized carbons (Fsp3) is 0.364. The predicted molar refractivity (Wildman–Crippen MR) is 350 cm³/mol. The van der Waals surface area contributed by atoms with Crippen LogP contribution in [0.25, 0.3) is 4.85 Å². The zero-order valence-corrected chi connectivity index (χ0v) is 57.3. The van der Waals surface area contributed by atoms with Gasteiger partial charge in [0.25, 0.3) is 34.2 Å². The summed E-state index contributed by atoms with van der Waals surface area (Å²) in [6.07, 6.45) is -1.85. The maximum Gasteiger partial charge on any atom is 0.410 e. The number of carbonyl (C=O) groups excluding carboxylic acids is 8. The van der Waals surface area contributed by atoms with Gasteiger partial charge < -0.3 is 30.3 Å². The molecule has 3 N–H and O–H groups in total. The van der Waals surface area contributed by atoms with Crippen molar-refractivity contribution in [3.05, 3.63) is 176 Å². The maximum atomic E-state index is 15.0. The summed E-state index contributed by atoms with van der Waals surface area (Å²) in [7, 11) is 0. The Morgan fingerprint density at radius 1 is 0.673 bits per heavy atom. The lowest BCUT2D eigenvalue weighted by Crippen LogP contribution is -2.65. The zero-order chi connectivity index (χ0) is 74.2. The number of hydrogen-bond acceptors (Lipinski definition) is 15. The van der Waals surface area contributed by atoms with E-state index < -0.39 is 199 Å². The van der Waals surface area contributed by atoms with Gasteiger partial charge in [-0.1, -0.05) is 71.2 Å². The van der Waals surface area contributed by atoms with Gasteiger partial charge in [0.2, 0.25) is 29.6 Å². The van der Waals surface area contributed by atoms with Crippen molar-refractivity contribution in [3.63, 3.8) is 0 Å². The van der Waals surface area contributed by atoms with Crippen LogP contribution in [0.2, 0.25) is 10.0 Å². The molecule has 2 aliphatic carbocycles. The van der Waals surface area contributed by atoms with Gasteiger partial charge in [-0.2, -0.15) is 5.26 Å². The van der Waals surface area contributed by atoms with Crippen LogP contribution < -0.4 is 30.7 Å². The van der Waals surface area contributed by atoms with Crippen molar-refractivity contribution in [2.24, 2.45) is 0 Å². The summed E-state index contributed by atoms with van der Waals surface area (Å²) in [6.45, 7) is 14.1. The molecule has 2 saturated heterocycles. The number of ether oxygens (including phenoxy) is 2. The van der Waals surface area contributed by atoms with Crippen molar-refractivity contribution in [2.45, 2.75) is 127 Å².